The first-order chi connectivity index (χ1) is 11.7. The minimum absolute atomic E-state index is 0.924. The Hall–Kier alpha value is -2.06. The summed E-state index contributed by atoms with van der Waals surface area (Å²) in [7, 11) is 0. The second-order valence-corrected chi connectivity index (χ2v) is 6.15. The third-order valence-electron chi connectivity index (χ3n) is 3.69. The van der Waals surface area contributed by atoms with Gasteiger partial charge in [-0.15, -0.1) is 11.3 Å². The number of allylic oxidation sites excluding steroid dienone is 1. The topological polar surface area (TPSA) is 20.2 Å². The minimum Gasteiger partial charge on any atom is -0.515 e. The molecular formula is C22H28OS. The molecule has 0 bridgehead atoms. The van der Waals surface area contributed by atoms with Crippen LogP contribution in [0.25, 0.3) is 15.7 Å². The molecule has 0 unspecified atom stereocenters. The van der Waals surface area contributed by atoms with E-state index in [1.165, 1.54) is 21.2 Å². The smallest absolute Gasteiger partial charge is 0.0826 e. The van der Waals surface area contributed by atoms with Gasteiger partial charge in [0.25, 0.3) is 0 Å². The summed E-state index contributed by atoms with van der Waals surface area (Å²) in [4.78, 5) is 0. The molecule has 1 nitrogen and oxygen atoms in total. The molecule has 1 aromatic heterocycles. The first-order valence-electron chi connectivity index (χ1n) is 8.49. The number of aliphatic hydroxyl groups is 1. The van der Waals surface area contributed by atoms with Gasteiger partial charge in [0.2, 0.25) is 0 Å². The fourth-order valence-corrected chi connectivity index (χ4v) is 3.34. The van der Waals surface area contributed by atoms with Crippen molar-refractivity contribution in [3.63, 3.8) is 0 Å². The van der Waals surface area contributed by atoms with Crippen molar-refractivity contribution in [2.75, 3.05) is 0 Å². The predicted molar refractivity (Wildman–Crippen MR) is 110 cm³/mol. The lowest BCUT2D eigenvalue weighted by Gasteiger charge is -2.05. The van der Waals surface area contributed by atoms with Crippen LogP contribution >= 0.6 is 11.3 Å². The number of aliphatic hydroxyl groups excluding tert-OH is 1. The molecule has 0 saturated heterocycles. The molecule has 0 fully saturated rings. The number of hydrogen-bond donors (Lipinski definition) is 1. The van der Waals surface area contributed by atoms with E-state index in [1.807, 2.05) is 50.3 Å². The number of thiophene rings is 1. The van der Waals surface area contributed by atoms with Crippen LogP contribution in [-0.2, 0) is 6.42 Å². The van der Waals surface area contributed by atoms with Crippen LogP contribution in [0.3, 0.4) is 0 Å². The maximum atomic E-state index is 8.85. The van der Waals surface area contributed by atoms with Gasteiger partial charge in [-0.1, -0.05) is 63.2 Å². The van der Waals surface area contributed by atoms with E-state index in [2.05, 4.69) is 49.6 Å². The molecule has 2 heteroatoms. The fourth-order valence-electron chi connectivity index (χ4n) is 2.39. The number of rotatable bonds is 2. The van der Waals surface area contributed by atoms with Gasteiger partial charge in [-0.05, 0) is 59.4 Å². The van der Waals surface area contributed by atoms with Crippen LogP contribution < -0.4 is 0 Å². The van der Waals surface area contributed by atoms with Crippen LogP contribution in [0.2, 0.25) is 0 Å². The van der Waals surface area contributed by atoms with Crippen molar-refractivity contribution < 1.29 is 5.11 Å². The number of fused-ring (bicyclic) bond motifs is 1. The van der Waals surface area contributed by atoms with Gasteiger partial charge in [0, 0.05) is 4.70 Å². The molecule has 0 saturated carbocycles. The van der Waals surface area contributed by atoms with Gasteiger partial charge in [0.05, 0.1) is 6.26 Å². The Balaban J connectivity index is 0.000000220. The second kappa shape index (κ2) is 10.7. The Morgan fingerprint density at radius 3 is 2.29 bits per heavy atom. The summed E-state index contributed by atoms with van der Waals surface area (Å²) >= 11 is 1.81. The monoisotopic (exact) mass is 340 g/mol. The quantitative estimate of drug-likeness (QED) is 0.482. The Morgan fingerprint density at radius 1 is 1.04 bits per heavy atom. The number of aryl methyl sites for hydroxylation is 2. The van der Waals surface area contributed by atoms with Crippen molar-refractivity contribution in [2.24, 2.45) is 0 Å². The van der Waals surface area contributed by atoms with Crippen molar-refractivity contribution in [3.05, 3.63) is 76.9 Å². The molecule has 1 heterocycles. The summed E-state index contributed by atoms with van der Waals surface area (Å²) in [6.07, 6.45) is 2.16. The zero-order valence-corrected chi connectivity index (χ0v) is 16.2. The van der Waals surface area contributed by atoms with Crippen LogP contribution in [0.5, 0.6) is 0 Å². The molecule has 3 aromatic rings. The lowest BCUT2D eigenvalue weighted by molar-refractivity contribution is 0.475. The summed E-state index contributed by atoms with van der Waals surface area (Å²) in [6, 6.07) is 16.6. The van der Waals surface area contributed by atoms with Crippen LogP contribution in [0, 0.1) is 6.92 Å². The van der Waals surface area contributed by atoms with Gasteiger partial charge in [-0.25, -0.2) is 0 Å². The molecule has 3 rings (SSSR count). The average Bonchev–Trinajstić information content (AvgIpc) is 3.04. The van der Waals surface area contributed by atoms with Gasteiger partial charge in [-0.2, -0.15) is 0 Å². The normalized spacial score (nSPS) is 10.5. The summed E-state index contributed by atoms with van der Waals surface area (Å²) < 4.78 is 1.39. The summed E-state index contributed by atoms with van der Waals surface area (Å²) in [5.74, 6) is 0. The Labute approximate surface area is 150 Å². The fraction of sp³-hybridized carbons (Fsp3) is 0.273. The minimum atomic E-state index is 0.924. The average molecular weight is 341 g/mol. The SMILES string of the molecule is CC.CCc1ccccc1/C(C)=C\O.Cc1csc2ccccc12. The van der Waals surface area contributed by atoms with Crippen LogP contribution in [0.1, 0.15) is 44.4 Å². The van der Waals surface area contributed by atoms with E-state index >= 15 is 0 Å². The summed E-state index contributed by atoms with van der Waals surface area (Å²) in [5, 5.41) is 12.4. The number of benzene rings is 2. The van der Waals surface area contributed by atoms with E-state index in [0.717, 1.165) is 23.8 Å². The van der Waals surface area contributed by atoms with Crippen molar-refractivity contribution in [1.29, 1.82) is 0 Å². The predicted octanol–water partition coefficient (Wildman–Crippen LogP) is 7.40. The largest absolute Gasteiger partial charge is 0.515 e. The molecule has 0 spiro atoms. The molecule has 1 N–H and O–H groups in total. The van der Waals surface area contributed by atoms with Crippen molar-refractivity contribution in [3.8, 4) is 0 Å². The first-order valence-corrected chi connectivity index (χ1v) is 9.37. The zero-order valence-electron chi connectivity index (χ0n) is 15.3. The Morgan fingerprint density at radius 2 is 1.67 bits per heavy atom. The van der Waals surface area contributed by atoms with E-state index in [1.54, 1.807) is 0 Å². The molecule has 0 aliphatic rings. The molecule has 0 radical (unpaired) electrons. The highest BCUT2D eigenvalue weighted by Crippen LogP contribution is 2.24. The summed E-state index contributed by atoms with van der Waals surface area (Å²) in [6.45, 7) is 10.2. The van der Waals surface area contributed by atoms with Crippen molar-refractivity contribution in [1.82, 2.24) is 0 Å². The second-order valence-electron chi connectivity index (χ2n) is 5.24. The Kier molecular flexibility index (Phi) is 8.88. The van der Waals surface area contributed by atoms with Crippen molar-refractivity contribution in [2.45, 2.75) is 41.0 Å². The number of hydrogen-bond acceptors (Lipinski definition) is 2. The molecule has 24 heavy (non-hydrogen) atoms. The summed E-state index contributed by atoms with van der Waals surface area (Å²) in [5.41, 5.74) is 4.73. The molecule has 128 valence electrons. The molecule has 0 aliphatic heterocycles. The highest BCUT2D eigenvalue weighted by Gasteiger charge is 2.00. The van der Waals surface area contributed by atoms with Gasteiger partial charge in [-0.3, -0.25) is 0 Å². The van der Waals surface area contributed by atoms with E-state index in [4.69, 9.17) is 5.11 Å². The van der Waals surface area contributed by atoms with Gasteiger partial charge >= 0.3 is 0 Å². The molecule has 2 aromatic carbocycles. The van der Waals surface area contributed by atoms with Gasteiger partial charge < -0.3 is 5.11 Å². The van der Waals surface area contributed by atoms with E-state index in [9.17, 15) is 0 Å². The van der Waals surface area contributed by atoms with E-state index in [-0.39, 0.29) is 0 Å². The van der Waals surface area contributed by atoms with Crippen LogP contribution in [0.4, 0.5) is 0 Å². The van der Waals surface area contributed by atoms with Gasteiger partial charge in [0.15, 0.2) is 0 Å². The van der Waals surface area contributed by atoms with Crippen molar-refractivity contribution >= 4 is 27.0 Å². The molecular weight excluding hydrogens is 312 g/mol. The first kappa shape index (κ1) is 20.0. The van der Waals surface area contributed by atoms with Crippen LogP contribution in [-0.4, -0.2) is 5.11 Å². The zero-order chi connectivity index (χ0) is 17.9. The highest BCUT2D eigenvalue weighted by molar-refractivity contribution is 7.17. The maximum absolute atomic E-state index is 8.85. The third-order valence-corrected chi connectivity index (χ3v) is 4.77. The molecule has 0 aliphatic carbocycles. The van der Waals surface area contributed by atoms with Gasteiger partial charge in [0.1, 0.15) is 0 Å². The lowest BCUT2D eigenvalue weighted by Crippen LogP contribution is -1.88. The maximum Gasteiger partial charge on any atom is 0.0826 e. The molecule has 0 atom stereocenters. The third kappa shape index (κ3) is 5.24. The lowest BCUT2D eigenvalue weighted by atomic mass is 10.0. The van der Waals surface area contributed by atoms with Crippen LogP contribution in [0.15, 0.2) is 60.2 Å². The molecule has 0 amide bonds. The van der Waals surface area contributed by atoms with E-state index < -0.39 is 0 Å². The van der Waals surface area contributed by atoms with E-state index in [0.29, 0.717) is 0 Å². The standard InChI is InChI=1S/C11H14O.C9H8S.C2H6/c1-3-10-6-4-5-7-11(10)9(2)8-12;1-7-6-10-9-5-3-2-4-8(7)9;1-2/h4-8,12H,3H2,1-2H3;2-6H,1H3;1-2H3/b9-8-;;. The Bertz CT molecular complexity index is 768. The highest BCUT2D eigenvalue weighted by atomic mass is 32.1.